The molecule has 0 radical (unpaired) electrons. The van der Waals surface area contributed by atoms with Crippen LogP contribution in [0.25, 0.3) is 10.9 Å². The van der Waals surface area contributed by atoms with Gasteiger partial charge in [-0.25, -0.2) is 0 Å². The Morgan fingerprint density at radius 3 is 3.06 bits per heavy atom. The van der Waals surface area contributed by atoms with E-state index in [-0.39, 0.29) is 0 Å². The first-order valence-corrected chi connectivity index (χ1v) is 6.69. The van der Waals surface area contributed by atoms with Gasteiger partial charge in [-0.1, -0.05) is 24.3 Å². The molecule has 0 bridgehead atoms. The monoisotopic (exact) mass is 241 g/mol. The second kappa shape index (κ2) is 5.46. The molecule has 1 saturated heterocycles. The molecular weight excluding hydrogens is 222 g/mol. The van der Waals surface area contributed by atoms with Crippen molar-refractivity contribution < 1.29 is 0 Å². The highest BCUT2D eigenvalue weighted by Gasteiger charge is 2.10. The molecule has 0 atom stereocenters. The third kappa shape index (κ3) is 2.52. The number of aromatic nitrogens is 1. The van der Waals surface area contributed by atoms with Gasteiger partial charge in [0.05, 0.1) is 5.52 Å². The summed E-state index contributed by atoms with van der Waals surface area (Å²) in [5.41, 5.74) is 2.49. The predicted molar refractivity (Wildman–Crippen MR) is 74.5 cm³/mol. The average molecular weight is 241 g/mol. The van der Waals surface area contributed by atoms with Crippen LogP contribution in [0.15, 0.2) is 36.5 Å². The van der Waals surface area contributed by atoms with E-state index in [0.717, 1.165) is 31.7 Å². The molecule has 0 unspecified atom stereocenters. The molecule has 3 heteroatoms. The van der Waals surface area contributed by atoms with Crippen molar-refractivity contribution in [1.82, 2.24) is 15.2 Å². The van der Waals surface area contributed by atoms with Crippen LogP contribution in [0, 0.1) is 0 Å². The molecule has 0 spiro atoms. The van der Waals surface area contributed by atoms with Crippen molar-refractivity contribution in [1.29, 1.82) is 0 Å². The SMILES string of the molecule is c1cnc2c(CN3CCCNCC3)cccc2c1. The zero-order chi connectivity index (χ0) is 12.2. The molecule has 2 heterocycles. The lowest BCUT2D eigenvalue weighted by atomic mass is 10.1. The van der Waals surface area contributed by atoms with E-state index in [1.165, 1.54) is 23.9 Å². The van der Waals surface area contributed by atoms with Gasteiger partial charge in [0.25, 0.3) is 0 Å². The number of benzene rings is 1. The Morgan fingerprint density at radius 2 is 2.06 bits per heavy atom. The molecule has 1 fully saturated rings. The fourth-order valence-electron chi connectivity index (χ4n) is 2.60. The third-order valence-corrected chi connectivity index (χ3v) is 3.54. The summed E-state index contributed by atoms with van der Waals surface area (Å²) in [7, 11) is 0. The van der Waals surface area contributed by atoms with Gasteiger partial charge in [0.1, 0.15) is 0 Å². The van der Waals surface area contributed by atoms with Crippen LogP contribution in [0.5, 0.6) is 0 Å². The second-order valence-corrected chi connectivity index (χ2v) is 4.87. The molecule has 1 aromatic carbocycles. The lowest BCUT2D eigenvalue weighted by Gasteiger charge is -2.20. The highest BCUT2D eigenvalue weighted by molar-refractivity contribution is 5.81. The third-order valence-electron chi connectivity index (χ3n) is 3.54. The van der Waals surface area contributed by atoms with Crippen molar-refractivity contribution in [2.24, 2.45) is 0 Å². The molecule has 0 amide bonds. The number of pyridine rings is 1. The summed E-state index contributed by atoms with van der Waals surface area (Å²) < 4.78 is 0. The summed E-state index contributed by atoms with van der Waals surface area (Å²) in [4.78, 5) is 7.05. The summed E-state index contributed by atoms with van der Waals surface area (Å²) >= 11 is 0. The lowest BCUT2D eigenvalue weighted by molar-refractivity contribution is 0.285. The van der Waals surface area contributed by atoms with Gasteiger partial charge in [-0.3, -0.25) is 9.88 Å². The van der Waals surface area contributed by atoms with Crippen LogP contribution in [0.1, 0.15) is 12.0 Å². The summed E-state index contributed by atoms with van der Waals surface area (Å²) in [5.74, 6) is 0. The topological polar surface area (TPSA) is 28.2 Å². The highest BCUT2D eigenvalue weighted by atomic mass is 15.1. The van der Waals surface area contributed by atoms with Gasteiger partial charge in [-0.15, -0.1) is 0 Å². The number of rotatable bonds is 2. The minimum atomic E-state index is 1.01. The van der Waals surface area contributed by atoms with E-state index >= 15 is 0 Å². The zero-order valence-electron chi connectivity index (χ0n) is 10.6. The van der Waals surface area contributed by atoms with Gasteiger partial charge in [-0.05, 0) is 31.1 Å². The Hall–Kier alpha value is -1.45. The van der Waals surface area contributed by atoms with Gasteiger partial charge in [0.2, 0.25) is 0 Å². The fraction of sp³-hybridized carbons (Fsp3) is 0.400. The van der Waals surface area contributed by atoms with Crippen LogP contribution in [-0.4, -0.2) is 36.1 Å². The van der Waals surface area contributed by atoms with Crippen molar-refractivity contribution in [3.05, 3.63) is 42.1 Å². The van der Waals surface area contributed by atoms with Crippen molar-refractivity contribution in [2.45, 2.75) is 13.0 Å². The first-order valence-electron chi connectivity index (χ1n) is 6.69. The van der Waals surface area contributed by atoms with E-state index in [1.54, 1.807) is 0 Å². The maximum Gasteiger partial charge on any atom is 0.0746 e. The summed E-state index contributed by atoms with van der Waals surface area (Å²) in [5, 5.41) is 4.68. The number of nitrogens with one attached hydrogen (secondary N) is 1. The number of fused-ring (bicyclic) bond motifs is 1. The van der Waals surface area contributed by atoms with Gasteiger partial charge >= 0.3 is 0 Å². The van der Waals surface area contributed by atoms with Crippen LogP contribution in [0.4, 0.5) is 0 Å². The Bertz CT molecular complexity index is 511. The van der Waals surface area contributed by atoms with Gasteiger partial charge in [0.15, 0.2) is 0 Å². The standard InChI is InChI=1S/C15H19N3/c1-4-13-6-2-8-17-15(13)14(5-1)12-18-10-3-7-16-9-11-18/h1-2,4-6,8,16H,3,7,9-12H2. The Balaban J connectivity index is 1.85. The minimum absolute atomic E-state index is 1.01. The van der Waals surface area contributed by atoms with E-state index in [9.17, 15) is 0 Å². The number of hydrogen-bond acceptors (Lipinski definition) is 3. The first-order chi connectivity index (χ1) is 8.93. The quantitative estimate of drug-likeness (QED) is 0.872. The maximum atomic E-state index is 4.53. The summed E-state index contributed by atoms with van der Waals surface area (Å²) in [6, 6.07) is 10.6. The largest absolute Gasteiger partial charge is 0.315 e. The normalized spacial score (nSPS) is 17.8. The molecule has 1 aliphatic heterocycles. The van der Waals surface area contributed by atoms with E-state index in [4.69, 9.17) is 0 Å². The molecule has 0 aliphatic carbocycles. The Labute approximate surface area is 108 Å². The smallest absolute Gasteiger partial charge is 0.0746 e. The van der Waals surface area contributed by atoms with Crippen LogP contribution in [0.2, 0.25) is 0 Å². The van der Waals surface area contributed by atoms with Crippen LogP contribution in [-0.2, 0) is 6.54 Å². The summed E-state index contributed by atoms with van der Waals surface area (Å²) in [6.45, 7) is 5.55. The van der Waals surface area contributed by atoms with E-state index in [0.29, 0.717) is 0 Å². The van der Waals surface area contributed by atoms with Gasteiger partial charge in [-0.2, -0.15) is 0 Å². The zero-order valence-corrected chi connectivity index (χ0v) is 10.6. The van der Waals surface area contributed by atoms with Crippen molar-refractivity contribution in [2.75, 3.05) is 26.2 Å². The molecule has 1 N–H and O–H groups in total. The van der Waals surface area contributed by atoms with Crippen LogP contribution < -0.4 is 5.32 Å². The molecule has 1 aliphatic rings. The Morgan fingerprint density at radius 1 is 1.11 bits per heavy atom. The molecular formula is C15H19N3. The minimum Gasteiger partial charge on any atom is -0.315 e. The lowest BCUT2D eigenvalue weighted by Crippen LogP contribution is -2.27. The first kappa shape index (κ1) is 11.6. The maximum absolute atomic E-state index is 4.53. The van der Waals surface area contributed by atoms with E-state index in [2.05, 4.69) is 39.5 Å². The fourth-order valence-corrected chi connectivity index (χ4v) is 2.60. The molecule has 3 nitrogen and oxygen atoms in total. The van der Waals surface area contributed by atoms with Gasteiger partial charge in [0, 0.05) is 31.2 Å². The predicted octanol–water partition coefficient (Wildman–Crippen LogP) is 2.03. The van der Waals surface area contributed by atoms with Crippen molar-refractivity contribution in [3.63, 3.8) is 0 Å². The molecule has 1 aromatic heterocycles. The molecule has 2 aromatic rings. The number of nitrogens with zero attached hydrogens (tertiary/aromatic N) is 2. The number of hydrogen-bond donors (Lipinski definition) is 1. The Kier molecular flexibility index (Phi) is 3.53. The highest BCUT2D eigenvalue weighted by Crippen LogP contribution is 2.17. The molecule has 0 saturated carbocycles. The van der Waals surface area contributed by atoms with E-state index < -0.39 is 0 Å². The number of para-hydroxylation sites is 1. The van der Waals surface area contributed by atoms with Crippen molar-refractivity contribution in [3.8, 4) is 0 Å². The van der Waals surface area contributed by atoms with Crippen LogP contribution >= 0.6 is 0 Å². The van der Waals surface area contributed by atoms with Crippen molar-refractivity contribution >= 4 is 10.9 Å². The van der Waals surface area contributed by atoms with E-state index in [1.807, 2.05) is 12.3 Å². The molecule has 94 valence electrons. The second-order valence-electron chi connectivity index (χ2n) is 4.87. The average Bonchev–Trinajstić information content (AvgIpc) is 2.68. The van der Waals surface area contributed by atoms with Crippen LogP contribution in [0.3, 0.4) is 0 Å². The molecule has 3 rings (SSSR count). The summed E-state index contributed by atoms with van der Waals surface area (Å²) in [6.07, 6.45) is 3.12. The molecule has 18 heavy (non-hydrogen) atoms. The van der Waals surface area contributed by atoms with Gasteiger partial charge < -0.3 is 5.32 Å².